The molecule has 0 atom stereocenters. The van der Waals surface area contributed by atoms with Crippen molar-refractivity contribution in [1.82, 2.24) is 9.78 Å². The van der Waals surface area contributed by atoms with Crippen LogP contribution in [-0.2, 0) is 0 Å². The lowest BCUT2D eigenvalue weighted by molar-refractivity contribution is 0.102. The summed E-state index contributed by atoms with van der Waals surface area (Å²) in [6.07, 6.45) is 0. The van der Waals surface area contributed by atoms with Gasteiger partial charge in [0.1, 0.15) is 23.1 Å². The van der Waals surface area contributed by atoms with Crippen LogP contribution >= 0.6 is 0 Å². The summed E-state index contributed by atoms with van der Waals surface area (Å²) < 4.78 is 20.1. The van der Waals surface area contributed by atoms with E-state index in [4.69, 9.17) is 4.74 Å². The number of nitrogens with one attached hydrogen (secondary N) is 1. The zero-order valence-corrected chi connectivity index (χ0v) is 18.4. The average Bonchev–Trinajstić information content (AvgIpc) is 2.82. The van der Waals surface area contributed by atoms with Gasteiger partial charge in [-0.15, -0.1) is 0 Å². The first-order valence-electron chi connectivity index (χ1n) is 10.3. The molecule has 0 aliphatic carbocycles. The van der Waals surface area contributed by atoms with Crippen LogP contribution in [0.5, 0.6) is 5.75 Å². The summed E-state index contributed by atoms with van der Waals surface area (Å²) in [5, 5.41) is 7.31. The number of hydrogen-bond donors (Lipinski definition) is 1. The van der Waals surface area contributed by atoms with Crippen molar-refractivity contribution >= 4 is 11.7 Å². The van der Waals surface area contributed by atoms with E-state index in [1.54, 1.807) is 43.0 Å². The largest absolute Gasteiger partial charge is 0.497 e. The van der Waals surface area contributed by atoms with E-state index >= 15 is 0 Å². The Bertz CT molecular complexity index is 1380. The summed E-state index contributed by atoms with van der Waals surface area (Å²) in [7, 11) is 1.56. The minimum atomic E-state index is -0.490. The molecule has 0 radical (unpaired) electrons. The lowest BCUT2D eigenvalue weighted by Crippen LogP contribution is -2.25. The van der Waals surface area contributed by atoms with E-state index in [1.165, 1.54) is 24.3 Å². The first-order chi connectivity index (χ1) is 15.9. The van der Waals surface area contributed by atoms with Crippen molar-refractivity contribution in [2.75, 3.05) is 12.4 Å². The number of carbonyl (C=O) groups is 1. The molecule has 0 saturated heterocycles. The highest BCUT2D eigenvalue weighted by atomic mass is 19.1. The van der Waals surface area contributed by atoms with Crippen molar-refractivity contribution in [2.24, 2.45) is 0 Å². The normalized spacial score (nSPS) is 10.7. The number of ether oxygens (including phenoxy) is 1. The maximum absolute atomic E-state index is 13.3. The fourth-order valence-electron chi connectivity index (χ4n) is 3.51. The Morgan fingerprint density at radius 3 is 2.33 bits per heavy atom. The fourth-order valence-corrected chi connectivity index (χ4v) is 3.51. The third kappa shape index (κ3) is 4.52. The Balaban J connectivity index is 1.94. The predicted molar refractivity (Wildman–Crippen MR) is 126 cm³/mol. The Morgan fingerprint density at radius 1 is 1.00 bits per heavy atom. The predicted octanol–water partition coefficient (Wildman–Crippen LogP) is 4.92. The fraction of sp³-hybridized carbons (Fsp3) is 0.115. The highest BCUT2D eigenvalue weighted by Gasteiger charge is 2.21. The van der Waals surface area contributed by atoms with E-state index in [1.807, 2.05) is 31.2 Å². The number of amides is 1. The molecule has 3 aromatic carbocycles. The molecule has 0 aliphatic heterocycles. The Labute approximate surface area is 190 Å². The molecule has 0 bridgehead atoms. The van der Waals surface area contributed by atoms with Crippen LogP contribution < -0.4 is 15.5 Å². The first kappa shape index (κ1) is 22.0. The third-order valence-electron chi connectivity index (χ3n) is 5.22. The molecule has 166 valence electrons. The van der Waals surface area contributed by atoms with Gasteiger partial charge < -0.3 is 10.1 Å². The van der Waals surface area contributed by atoms with E-state index in [9.17, 15) is 14.0 Å². The van der Waals surface area contributed by atoms with E-state index < -0.39 is 11.7 Å². The molecular formula is C26H22FN3O3. The van der Waals surface area contributed by atoms with Crippen LogP contribution in [0.25, 0.3) is 16.8 Å². The molecule has 1 heterocycles. The molecule has 0 fully saturated rings. The molecule has 0 aliphatic rings. The van der Waals surface area contributed by atoms with Gasteiger partial charge in [-0.1, -0.05) is 24.3 Å². The molecule has 1 aromatic heterocycles. The number of aromatic nitrogens is 2. The van der Waals surface area contributed by atoms with Crippen molar-refractivity contribution in [3.05, 3.63) is 106 Å². The molecule has 1 N–H and O–H groups in total. The Kier molecular flexibility index (Phi) is 6.04. The van der Waals surface area contributed by atoms with Gasteiger partial charge in [-0.2, -0.15) is 5.10 Å². The van der Waals surface area contributed by atoms with Gasteiger partial charge in [0.25, 0.3) is 5.91 Å². The topological polar surface area (TPSA) is 73.2 Å². The lowest BCUT2D eigenvalue weighted by atomic mass is 10.0. The van der Waals surface area contributed by atoms with Gasteiger partial charge in [-0.25, -0.2) is 9.07 Å². The standard InChI is InChI=1S/C26H22FN3O3/c1-16-5-4-6-21(15-16)30-25(28-26(32)19-7-11-20(27)12-8-19)23(24(31)17(2)29-30)18-9-13-22(33-3)14-10-18/h4-15H,1-3H3,(H,28,32). The van der Waals surface area contributed by atoms with Crippen molar-refractivity contribution in [3.63, 3.8) is 0 Å². The SMILES string of the molecule is COc1ccc(-c2c(NC(=O)c3ccc(F)cc3)n(-c3cccc(C)c3)nc(C)c2=O)cc1. The first-order valence-corrected chi connectivity index (χ1v) is 10.3. The smallest absolute Gasteiger partial charge is 0.256 e. The molecule has 4 aromatic rings. The quantitative estimate of drug-likeness (QED) is 0.475. The van der Waals surface area contributed by atoms with Gasteiger partial charge in [-0.3, -0.25) is 9.59 Å². The van der Waals surface area contributed by atoms with Crippen LogP contribution in [0.15, 0.2) is 77.6 Å². The molecule has 7 heteroatoms. The van der Waals surface area contributed by atoms with Crippen LogP contribution in [-0.4, -0.2) is 22.8 Å². The van der Waals surface area contributed by atoms with Gasteiger partial charge in [0.05, 0.1) is 18.4 Å². The number of benzene rings is 3. The maximum Gasteiger partial charge on any atom is 0.256 e. The van der Waals surface area contributed by atoms with Gasteiger partial charge in [0, 0.05) is 5.56 Å². The molecule has 33 heavy (non-hydrogen) atoms. The van der Waals surface area contributed by atoms with E-state index in [0.717, 1.165) is 5.56 Å². The van der Waals surface area contributed by atoms with Crippen LogP contribution in [0, 0.1) is 19.7 Å². The molecule has 1 amide bonds. The molecule has 6 nitrogen and oxygen atoms in total. The second kappa shape index (κ2) is 9.08. The van der Waals surface area contributed by atoms with E-state index in [0.29, 0.717) is 22.6 Å². The van der Waals surface area contributed by atoms with Gasteiger partial charge in [-0.05, 0) is 73.5 Å². The number of halogens is 1. The molecule has 0 spiro atoms. The van der Waals surface area contributed by atoms with Gasteiger partial charge >= 0.3 is 0 Å². The maximum atomic E-state index is 13.3. The Hall–Kier alpha value is -4.26. The zero-order valence-electron chi connectivity index (χ0n) is 18.4. The second-order valence-corrected chi connectivity index (χ2v) is 7.58. The van der Waals surface area contributed by atoms with E-state index in [-0.39, 0.29) is 22.5 Å². The summed E-state index contributed by atoms with van der Waals surface area (Å²) in [5.74, 6) is -0.0773. The molecule has 4 rings (SSSR count). The summed E-state index contributed by atoms with van der Waals surface area (Å²) >= 11 is 0. The van der Waals surface area contributed by atoms with Crippen LogP contribution in [0.3, 0.4) is 0 Å². The van der Waals surface area contributed by atoms with Crippen molar-refractivity contribution in [1.29, 1.82) is 0 Å². The van der Waals surface area contributed by atoms with Crippen LogP contribution in [0.2, 0.25) is 0 Å². The summed E-state index contributed by atoms with van der Waals surface area (Å²) in [6, 6.07) is 19.7. The molecule has 0 saturated carbocycles. The number of aryl methyl sites for hydroxylation is 2. The highest BCUT2D eigenvalue weighted by Crippen LogP contribution is 2.29. The number of rotatable bonds is 5. The monoisotopic (exact) mass is 443 g/mol. The third-order valence-corrected chi connectivity index (χ3v) is 5.22. The van der Waals surface area contributed by atoms with Gasteiger partial charge in [0.15, 0.2) is 0 Å². The summed E-state index contributed by atoms with van der Waals surface area (Å²) in [4.78, 5) is 26.3. The summed E-state index contributed by atoms with van der Waals surface area (Å²) in [6.45, 7) is 3.58. The van der Waals surface area contributed by atoms with Gasteiger partial charge in [0.2, 0.25) is 5.43 Å². The molecular weight excluding hydrogens is 421 g/mol. The zero-order chi connectivity index (χ0) is 23.5. The highest BCUT2D eigenvalue weighted by molar-refractivity contribution is 6.05. The minimum absolute atomic E-state index is 0.218. The number of anilines is 1. The van der Waals surface area contributed by atoms with Crippen LogP contribution in [0.1, 0.15) is 21.6 Å². The van der Waals surface area contributed by atoms with Crippen molar-refractivity contribution in [2.45, 2.75) is 13.8 Å². The Morgan fingerprint density at radius 2 is 1.70 bits per heavy atom. The molecule has 0 unspecified atom stereocenters. The number of hydrogen-bond acceptors (Lipinski definition) is 4. The van der Waals surface area contributed by atoms with Crippen LogP contribution in [0.4, 0.5) is 10.2 Å². The number of carbonyl (C=O) groups excluding carboxylic acids is 1. The lowest BCUT2D eigenvalue weighted by Gasteiger charge is -2.19. The average molecular weight is 443 g/mol. The second-order valence-electron chi connectivity index (χ2n) is 7.58. The number of nitrogens with zero attached hydrogens (tertiary/aromatic N) is 2. The van der Waals surface area contributed by atoms with E-state index in [2.05, 4.69) is 10.4 Å². The van der Waals surface area contributed by atoms with Crippen molar-refractivity contribution < 1.29 is 13.9 Å². The minimum Gasteiger partial charge on any atom is -0.497 e. The summed E-state index contributed by atoms with van der Waals surface area (Å²) in [5.41, 5.74) is 2.79. The number of methoxy groups -OCH3 is 1. The van der Waals surface area contributed by atoms with Crippen molar-refractivity contribution in [3.8, 4) is 22.6 Å².